The maximum Gasteiger partial charge on any atom is 0.225 e. The van der Waals surface area contributed by atoms with Crippen LogP contribution >= 0.6 is 0 Å². The Hall–Kier alpha value is -1.32. The average Bonchev–Trinajstić information content (AvgIpc) is 2.25. The number of hydrogen-bond acceptors (Lipinski definition) is 4. The molecular formula is C13H23N3O. The van der Waals surface area contributed by atoms with Gasteiger partial charge in [-0.25, -0.2) is 4.98 Å². The summed E-state index contributed by atoms with van der Waals surface area (Å²) in [7, 11) is 0. The van der Waals surface area contributed by atoms with E-state index >= 15 is 0 Å². The number of rotatable bonds is 5. The molecule has 96 valence electrons. The van der Waals surface area contributed by atoms with Crippen molar-refractivity contribution in [1.82, 2.24) is 9.97 Å². The van der Waals surface area contributed by atoms with Gasteiger partial charge in [-0.1, -0.05) is 27.7 Å². The number of nitrogens with zero attached hydrogens (tertiary/aromatic N) is 2. The van der Waals surface area contributed by atoms with Crippen molar-refractivity contribution in [3.63, 3.8) is 0 Å². The zero-order valence-corrected chi connectivity index (χ0v) is 11.4. The summed E-state index contributed by atoms with van der Waals surface area (Å²) in [5.74, 6) is 1.79. The van der Waals surface area contributed by atoms with Gasteiger partial charge in [0.2, 0.25) is 11.8 Å². The predicted molar refractivity (Wildman–Crippen MR) is 70.3 cm³/mol. The van der Waals surface area contributed by atoms with Crippen LogP contribution in [0.5, 0.6) is 5.88 Å². The Labute approximate surface area is 104 Å². The highest BCUT2D eigenvalue weighted by atomic mass is 16.5. The monoisotopic (exact) mass is 237 g/mol. The molecule has 1 aromatic rings. The van der Waals surface area contributed by atoms with E-state index in [4.69, 9.17) is 4.74 Å². The second-order valence-corrected chi connectivity index (χ2v) is 5.30. The van der Waals surface area contributed by atoms with Crippen LogP contribution in [0.1, 0.15) is 34.6 Å². The molecule has 1 aromatic heterocycles. The van der Waals surface area contributed by atoms with Crippen molar-refractivity contribution >= 4 is 5.95 Å². The fourth-order valence-electron chi connectivity index (χ4n) is 1.21. The van der Waals surface area contributed by atoms with Crippen LogP contribution < -0.4 is 10.1 Å². The van der Waals surface area contributed by atoms with Crippen molar-refractivity contribution < 1.29 is 4.74 Å². The van der Waals surface area contributed by atoms with Gasteiger partial charge in [-0.15, -0.1) is 0 Å². The third-order valence-electron chi connectivity index (χ3n) is 2.97. The molecule has 4 nitrogen and oxygen atoms in total. The molecule has 17 heavy (non-hydrogen) atoms. The molecule has 1 unspecified atom stereocenters. The molecule has 0 saturated carbocycles. The highest BCUT2D eigenvalue weighted by Gasteiger charge is 2.19. The van der Waals surface area contributed by atoms with Gasteiger partial charge in [-0.3, -0.25) is 0 Å². The molecule has 4 heteroatoms. The third kappa shape index (κ3) is 4.59. The minimum atomic E-state index is 0.282. The number of aromatic nitrogens is 2. The first-order valence-electron chi connectivity index (χ1n) is 6.13. The third-order valence-corrected chi connectivity index (χ3v) is 2.97. The Balaban J connectivity index is 2.54. The molecule has 0 radical (unpaired) electrons. The van der Waals surface area contributed by atoms with E-state index in [9.17, 15) is 0 Å². The van der Waals surface area contributed by atoms with E-state index in [1.165, 1.54) is 0 Å². The van der Waals surface area contributed by atoms with Crippen LogP contribution in [-0.2, 0) is 0 Å². The lowest BCUT2D eigenvalue weighted by atomic mass is 9.82. The van der Waals surface area contributed by atoms with Gasteiger partial charge >= 0.3 is 0 Å². The molecule has 0 spiro atoms. The molecule has 1 atom stereocenters. The van der Waals surface area contributed by atoms with E-state index in [2.05, 4.69) is 43.0 Å². The Morgan fingerprint density at radius 3 is 2.71 bits per heavy atom. The molecule has 0 aliphatic heterocycles. The van der Waals surface area contributed by atoms with Crippen LogP contribution in [0.2, 0.25) is 0 Å². The van der Waals surface area contributed by atoms with Crippen molar-refractivity contribution in [2.24, 2.45) is 11.3 Å². The van der Waals surface area contributed by atoms with E-state index in [-0.39, 0.29) is 5.41 Å². The van der Waals surface area contributed by atoms with Crippen LogP contribution in [-0.4, -0.2) is 23.1 Å². The number of nitrogens with one attached hydrogen (secondary N) is 1. The van der Waals surface area contributed by atoms with Gasteiger partial charge in [0, 0.05) is 18.8 Å². The molecule has 0 amide bonds. The number of ether oxygens (including phenoxy) is 1. The lowest BCUT2D eigenvalue weighted by Crippen LogP contribution is -2.25. The SMILES string of the molecule is CCOc1ccnc(NCC(C)C(C)(C)C)n1. The van der Waals surface area contributed by atoms with Crippen LogP contribution in [0.25, 0.3) is 0 Å². The standard InChI is InChI=1S/C13H23N3O/c1-6-17-11-7-8-14-12(16-11)15-9-10(2)13(3,4)5/h7-8,10H,6,9H2,1-5H3,(H,14,15,16). The topological polar surface area (TPSA) is 47.0 Å². The van der Waals surface area contributed by atoms with Crippen molar-refractivity contribution in [3.05, 3.63) is 12.3 Å². The maximum absolute atomic E-state index is 5.33. The Bertz CT molecular complexity index is 347. The maximum atomic E-state index is 5.33. The zero-order chi connectivity index (χ0) is 12.9. The number of anilines is 1. The largest absolute Gasteiger partial charge is 0.478 e. The first kappa shape index (κ1) is 13.7. The van der Waals surface area contributed by atoms with Gasteiger partial charge in [0.1, 0.15) is 0 Å². The first-order valence-corrected chi connectivity index (χ1v) is 6.13. The molecule has 0 saturated heterocycles. The van der Waals surface area contributed by atoms with Crippen LogP contribution in [0, 0.1) is 11.3 Å². The van der Waals surface area contributed by atoms with Crippen LogP contribution in [0.4, 0.5) is 5.95 Å². The summed E-state index contributed by atoms with van der Waals surface area (Å²) in [6.07, 6.45) is 1.71. The molecule has 0 aliphatic carbocycles. The van der Waals surface area contributed by atoms with Crippen LogP contribution in [0.15, 0.2) is 12.3 Å². The van der Waals surface area contributed by atoms with E-state index in [1.807, 2.05) is 6.92 Å². The molecule has 1 rings (SSSR count). The molecule has 0 bridgehead atoms. The van der Waals surface area contributed by atoms with E-state index in [1.54, 1.807) is 12.3 Å². The lowest BCUT2D eigenvalue weighted by Gasteiger charge is -2.27. The smallest absolute Gasteiger partial charge is 0.225 e. The summed E-state index contributed by atoms with van der Waals surface area (Å²) in [5, 5.41) is 3.25. The first-order chi connectivity index (χ1) is 7.93. The minimum absolute atomic E-state index is 0.282. The Morgan fingerprint density at radius 2 is 2.12 bits per heavy atom. The minimum Gasteiger partial charge on any atom is -0.478 e. The van der Waals surface area contributed by atoms with E-state index in [0.29, 0.717) is 24.4 Å². The highest BCUT2D eigenvalue weighted by molar-refractivity contribution is 5.27. The highest BCUT2D eigenvalue weighted by Crippen LogP contribution is 2.25. The van der Waals surface area contributed by atoms with Crippen molar-refractivity contribution in [2.75, 3.05) is 18.5 Å². The average molecular weight is 237 g/mol. The quantitative estimate of drug-likeness (QED) is 0.855. The Kier molecular flexibility index (Phi) is 4.73. The summed E-state index contributed by atoms with van der Waals surface area (Å²) in [6, 6.07) is 1.77. The van der Waals surface area contributed by atoms with Gasteiger partial charge in [0.15, 0.2) is 0 Å². The summed E-state index contributed by atoms with van der Waals surface area (Å²) >= 11 is 0. The molecule has 0 aromatic carbocycles. The molecule has 1 N–H and O–H groups in total. The second-order valence-electron chi connectivity index (χ2n) is 5.30. The van der Waals surface area contributed by atoms with Crippen molar-refractivity contribution in [3.8, 4) is 5.88 Å². The lowest BCUT2D eigenvalue weighted by molar-refractivity contribution is 0.274. The molecule has 0 aliphatic rings. The van der Waals surface area contributed by atoms with Gasteiger partial charge in [-0.2, -0.15) is 4.98 Å². The Morgan fingerprint density at radius 1 is 1.41 bits per heavy atom. The fraction of sp³-hybridized carbons (Fsp3) is 0.692. The number of hydrogen-bond donors (Lipinski definition) is 1. The van der Waals surface area contributed by atoms with Crippen molar-refractivity contribution in [1.29, 1.82) is 0 Å². The zero-order valence-electron chi connectivity index (χ0n) is 11.4. The summed E-state index contributed by atoms with van der Waals surface area (Å²) < 4.78 is 5.33. The van der Waals surface area contributed by atoms with Gasteiger partial charge in [-0.05, 0) is 18.3 Å². The molecule has 1 heterocycles. The molecular weight excluding hydrogens is 214 g/mol. The second kappa shape index (κ2) is 5.84. The van der Waals surface area contributed by atoms with E-state index < -0.39 is 0 Å². The summed E-state index contributed by atoms with van der Waals surface area (Å²) in [5.41, 5.74) is 0.282. The van der Waals surface area contributed by atoms with E-state index in [0.717, 1.165) is 6.54 Å². The normalized spacial score (nSPS) is 13.2. The predicted octanol–water partition coefficient (Wildman–Crippen LogP) is 2.97. The fourth-order valence-corrected chi connectivity index (χ4v) is 1.21. The van der Waals surface area contributed by atoms with Crippen LogP contribution in [0.3, 0.4) is 0 Å². The van der Waals surface area contributed by atoms with Gasteiger partial charge < -0.3 is 10.1 Å². The van der Waals surface area contributed by atoms with Gasteiger partial charge in [0.05, 0.1) is 6.61 Å². The summed E-state index contributed by atoms with van der Waals surface area (Å²) in [6.45, 7) is 12.3. The van der Waals surface area contributed by atoms with Gasteiger partial charge in [0.25, 0.3) is 0 Å². The molecule has 0 fully saturated rings. The summed E-state index contributed by atoms with van der Waals surface area (Å²) in [4.78, 5) is 8.45. The van der Waals surface area contributed by atoms with Crippen molar-refractivity contribution in [2.45, 2.75) is 34.6 Å².